The monoisotopic (exact) mass is 370 g/mol. The second kappa shape index (κ2) is 6.49. The molecule has 4 rings (SSSR count). The topological polar surface area (TPSA) is 40.8 Å². The largest absolute Gasteiger partial charge is 0.455 e. The van der Waals surface area contributed by atoms with Crippen molar-refractivity contribution in [3.05, 3.63) is 64.3 Å². The van der Waals surface area contributed by atoms with Crippen LogP contribution in [0.1, 0.15) is 49.1 Å². The molecule has 2 aromatic carbocycles. The van der Waals surface area contributed by atoms with Gasteiger partial charge < -0.3 is 4.42 Å². The zero-order chi connectivity index (χ0) is 21.1. The van der Waals surface area contributed by atoms with Crippen LogP contribution in [0.2, 0.25) is 0 Å². The van der Waals surface area contributed by atoms with E-state index in [-0.39, 0.29) is 0 Å². The third-order valence-electron chi connectivity index (χ3n) is 5.70. The molecule has 28 heavy (non-hydrogen) atoms. The Morgan fingerprint density at radius 1 is 1.04 bits per heavy atom. The van der Waals surface area contributed by atoms with Gasteiger partial charge in [-0.05, 0) is 42.5 Å². The summed E-state index contributed by atoms with van der Waals surface area (Å²) in [6, 6.07) is 14.4. The van der Waals surface area contributed by atoms with Gasteiger partial charge >= 0.3 is 0 Å². The molecule has 0 aliphatic carbocycles. The number of nitrogens with zero attached hydrogens (tertiary/aromatic N) is 2. The highest BCUT2D eigenvalue weighted by molar-refractivity contribution is 6.12. The molecule has 0 bridgehead atoms. The van der Waals surface area contributed by atoms with Crippen LogP contribution in [0.15, 0.2) is 40.8 Å². The molecular formula is C25H25N2O+. The summed E-state index contributed by atoms with van der Waals surface area (Å²) in [5.74, 6) is -0.700. The van der Waals surface area contributed by atoms with Crippen LogP contribution in [-0.4, -0.2) is 0 Å². The summed E-state index contributed by atoms with van der Waals surface area (Å²) in [5.41, 5.74) is 8.37. The van der Waals surface area contributed by atoms with Gasteiger partial charge in [0.15, 0.2) is 5.69 Å². The van der Waals surface area contributed by atoms with E-state index in [0.717, 1.165) is 55.6 Å². The van der Waals surface area contributed by atoms with Gasteiger partial charge in [0.25, 0.3) is 0 Å². The predicted octanol–water partition coefficient (Wildman–Crippen LogP) is 6.00. The van der Waals surface area contributed by atoms with Crippen LogP contribution in [-0.2, 0) is 7.05 Å². The van der Waals surface area contributed by atoms with Crippen LogP contribution in [0.5, 0.6) is 0 Å². The lowest BCUT2D eigenvalue weighted by molar-refractivity contribution is -0.666. The minimum Gasteiger partial charge on any atom is -0.455 e. The quantitative estimate of drug-likeness (QED) is 0.406. The maximum absolute atomic E-state index is 9.64. The highest BCUT2D eigenvalue weighted by Gasteiger charge is 2.24. The van der Waals surface area contributed by atoms with E-state index in [4.69, 9.17) is 5.79 Å². The van der Waals surface area contributed by atoms with Crippen molar-refractivity contribution >= 4 is 21.9 Å². The molecule has 0 radical (unpaired) electrons. The van der Waals surface area contributed by atoms with E-state index < -0.39 is 5.89 Å². The zero-order valence-corrected chi connectivity index (χ0v) is 17.3. The highest BCUT2D eigenvalue weighted by Crippen LogP contribution is 2.39. The van der Waals surface area contributed by atoms with Gasteiger partial charge in [0.05, 0.1) is 17.2 Å². The van der Waals surface area contributed by atoms with Gasteiger partial charge in [0.1, 0.15) is 18.2 Å². The lowest BCUT2D eigenvalue weighted by atomic mass is 9.95. The van der Waals surface area contributed by atoms with E-state index in [2.05, 4.69) is 42.7 Å². The molecule has 0 N–H and O–H groups in total. The number of rotatable bonds is 2. The molecule has 0 saturated carbocycles. The highest BCUT2D eigenvalue weighted by atomic mass is 16.3. The molecule has 0 spiro atoms. The molecule has 0 aliphatic heterocycles. The molecular weight excluding hydrogens is 344 g/mol. The fourth-order valence-corrected chi connectivity index (χ4v) is 3.91. The first-order valence-corrected chi connectivity index (χ1v) is 9.50. The lowest BCUT2D eigenvalue weighted by Gasteiger charge is -2.11. The van der Waals surface area contributed by atoms with E-state index in [1.165, 1.54) is 0 Å². The third kappa shape index (κ3) is 2.60. The molecule has 3 nitrogen and oxygen atoms in total. The van der Waals surface area contributed by atoms with Gasteiger partial charge in [-0.15, -0.1) is 0 Å². The summed E-state index contributed by atoms with van der Waals surface area (Å²) in [6.07, 6.45) is 0. The maximum atomic E-state index is 9.64. The number of aryl methyl sites for hydroxylation is 3. The molecule has 2 heterocycles. The Bertz CT molecular complexity index is 1330. The Morgan fingerprint density at radius 2 is 1.75 bits per heavy atom. The third-order valence-corrected chi connectivity index (χ3v) is 5.70. The molecule has 0 atom stereocenters. The van der Waals surface area contributed by atoms with Gasteiger partial charge in [-0.2, -0.15) is 9.83 Å². The summed E-state index contributed by atoms with van der Waals surface area (Å²) in [5, 5.41) is 11.5. The van der Waals surface area contributed by atoms with E-state index in [0.29, 0.717) is 5.56 Å². The second-order valence-electron chi connectivity index (χ2n) is 7.81. The molecule has 0 fully saturated rings. The van der Waals surface area contributed by atoms with Crippen LogP contribution >= 0.6 is 0 Å². The fraction of sp³-hybridized carbons (Fsp3) is 0.280. The zero-order valence-electron chi connectivity index (χ0n) is 18.3. The average Bonchev–Trinajstić information content (AvgIpc) is 3.04. The SMILES string of the molecule is [2H]C(C)(C)c1cc(C)[n+](C)c(-c2c(C)ccc3c2oc2c(C)ccc(C#N)c23)c1. The number of aromatic nitrogens is 1. The number of hydrogen-bond donors (Lipinski definition) is 0. The molecule has 2 aromatic heterocycles. The normalized spacial score (nSPS) is 12.4. The molecule has 0 saturated heterocycles. The number of fused-ring (bicyclic) bond motifs is 3. The first-order valence-electron chi connectivity index (χ1n) is 10.0. The van der Waals surface area contributed by atoms with Crippen molar-refractivity contribution in [1.82, 2.24) is 0 Å². The molecule has 0 unspecified atom stereocenters. The summed E-state index contributed by atoms with van der Waals surface area (Å²) in [6.45, 7) is 9.95. The van der Waals surface area contributed by atoms with Crippen LogP contribution in [0, 0.1) is 32.1 Å². The molecule has 4 aromatic rings. The minimum absolute atomic E-state index is 0.626. The smallest absolute Gasteiger partial charge is 0.216 e. The van der Waals surface area contributed by atoms with Crippen LogP contribution in [0.4, 0.5) is 0 Å². The van der Waals surface area contributed by atoms with Crippen molar-refractivity contribution in [2.75, 3.05) is 0 Å². The summed E-state index contributed by atoms with van der Waals surface area (Å²) in [7, 11) is 2.04. The number of furan rings is 1. The Kier molecular flexibility index (Phi) is 3.94. The van der Waals surface area contributed by atoms with E-state index in [1.807, 2.05) is 46.0 Å². The second-order valence-corrected chi connectivity index (χ2v) is 7.81. The van der Waals surface area contributed by atoms with Gasteiger partial charge in [-0.3, -0.25) is 0 Å². The average molecular weight is 370 g/mol. The van der Waals surface area contributed by atoms with Crippen molar-refractivity contribution in [2.24, 2.45) is 7.05 Å². The summed E-state index contributed by atoms with van der Waals surface area (Å²) >= 11 is 0. The van der Waals surface area contributed by atoms with E-state index in [9.17, 15) is 5.26 Å². The van der Waals surface area contributed by atoms with Crippen LogP contribution in [0.3, 0.4) is 0 Å². The molecule has 0 amide bonds. The number of hydrogen-bond acceptors (Lipinski definition) is 2. The van der Waals surface area contributed by atoms with Gasteiger partial charge in [-0.1, -0.05) is 32.0 Å². The van der Waals surface area contributed by atoms with Gasteiger partial charge in [0, 0.05) is 31.2 Å². The fourth-order valence-electron chi connectivity index (χ4n) is 3.91. The number of nitriles is 1. The number of benzene rings is 2. The molecule has 0 aliphatic rings. The van der Waals surface area contributed by atoms with E-state index in [1.54, 1.807) is 0 Å². The van der Waals surface area contributed by atoms with Crippen molar-refractivity contribution < 1.29 is 10.4 Å². The van der Waals surface area contributed by atoms with Crippen LogP contribution < -0.4 is 4.57 Å². The van der Waals surface area contributed by atoms with Crippen molar-refractivity contribution in [3.8, 4) is 17.3 Å². The maximum Gasteiger partial charge on any atom is 0.216 e. The summed E-state index contributed by atoms with van der Waals surface area (Å²) in [4.78, 5) is 0. The first-order chi connectivity index (χ1) is 13.6. The van der Waals surface area contributed by atoms with Crippen molar-refractivity contribution in [2.45, 2.75) is 40.5 Å². The lowest BCUT2D eigenvalue weighted by Crippen LogP contribution is -2.35. The Hall–Kier alpha value is -3.12. The molecule has 140 valence electrons. The predicted molar refractivity (Wildman–Crippen MR) is 113 cm³/mol. The Labute approximate surface area is 167 Å². The van der Waals surface area contributed by atoms with Crippen LogP contribution in [0.25, 0.3) is 33.2 Å². The van der Waals surface area contributed by atoms with Gasteiger partial charge in [0.2, 0.25) is 5.69 Å². The standard InChI is InChI=1S/C25H25N2O/c1-14(2)19-11-17(5)27(6)21(12-19)22-15(3)8-10-20-23-18(13-26)9-7-16(4)24(23)28-25(20)22/h7-12,14H,1-6H3/q+1/i14D. The van der Waals surface area contributed by atoms with E-state index >= 15 is 0 Å². The Morgan fingerprint density at radius 3 is 2.43 bits per heavy atom. The Balaban J connectivity index is 2.18. The minimum atomic E-state index is -0.700. The molecule has 3 heteroatoms. The van der Waals surface area contributed by atoms with Crippen molar-refractivity contribution in [1.29, 1.82) is 5.26 Å². The summed E-state index contributed by atoms with van der Waals surface area (Å²) < 4.78 is 17.1. The van der Waals surface area contributed by atoms with Crippen molar-refractivity contribution in [3.63, 3.8) is 0 Å². The first kappa shape index (κ1) is 17.0. The number of pyridine rings is 1. The van der Waals surface area contributed by atoms with Gasteiger partial charge in [-0.25, -0.2) is 0 Å².